The molecule has 0 aliphatic carbocycles. The number of aliphatic hydroxyl groups excluding tert-OH is 1. The van der Waals surface area contributed by atoms with Crippen molar-refractivity contribution in [3.05, 3.63) is 35.4 Å². The van der Waals surface area contributed by atoms with Crippen molar-refractivity contribution in [3.63, 3.8) is 0 Å². The molecule has 2 unspecified atom stereocenters. The molecule has 1 aromatic rings. The van der Waals surface area contributed by atoms with E-state index in [1.807, 2.05) is 0 Å². The lowest BCUT2D eigenvalue weighted by Crippen LogP contribution is -2.44. The van der Waals surface area contributed by atoms with E-state index < -0.39 is 0 Å². The smallest absolute Gasteiger partial charge is 0.191 e. The first-order chi connectivity index (χ1) is 14.1. The van der Waals surface area contributed by atoms with Gasteiger partial charge in [0.1, 0.15) is 0 Å². The normalized spacial score (nSPS) is 25.9. The SMILES string of the molecule is CN=C(NCc1ccccc1CN1CCCC(C)C1)NCC1(CCO)CCOC1. The van der Waals surface area contributed by atoms with Gasteiger partial charge in [0, 0.05) is 51.9 Å². The highest BCUT2D eigenvalue weighted by Crippen LogP contribution is 2.31. The second-order valence-corrected chi connectivity index (χ2v) is 8.81. The van der Waals surface area contributed by atoms with Crippen LogP contribution in [0, 0.1) is 11.3 Å². The van der Waals surface area contributed by atoms with Crippen LogP contribution in [0.5, 0.6) is 0 Å². The molecule has 0 amide bonds. The first-order valence-electron chi connectivity index (χ1n) is 11.1. The van der Waals surface area contributed by atoms with Crippen molar-refractivity contribution < 1.29 is 9.84 Å². The number of likely N-dealkylation sites (tertiary alicyclic amines) is 1. The minimum Gasteiger partial charge on any atom is -0.396 e. The van der Waals surface area contributed by atoms with Crippen molar-refractivity contribution in [2.45, 2.75) is 45.7 Å². The number of hydrogen-bond acceptors (Lipinski definition) is 4. The minimum atomic E-state index is 0.00916. The number of rotatable bonds is 8. The lowest BCUT2D eigenvalue weighted by atomic mass is 9.84. The fourth-order valence-electron chi connectivity index (χ4n) is 4.54. The zero-order chi connectivity index (χ0) is 20.5. The highest BCUT2D eigenvalue weighted by Gasteiger charge is 2.34. The Bertz CT molecular complexity index is 658. The quantitative estimate of drug-likeness (QED) is 0.460. The summed E-state index contributed by atoms with van der Waals surface area (Å²) in [5, 5.41) is 16.3. The number of nitrogens with zero attached hydrogens (tertiary/aromatic N) is 2. The molecule has 3 rings (SSSR count). The summed E-state index contributed by atoms with van der Waals surface area (Å²) in [5.41, 5.74) is 2.73. The lowest BCUT2D eigenvalue weighted by Gasteiger charge is -2.31. The van der Waals surface area contributed by atoms with Gasteiger partial charge >= 0.3 is 0 Å². The summed E-state index contributed by atoms with van der Waals surface area (Å²) < 4.78 is 5.59. The van der Waals surface area contributed by atoms with Crippen molar-refractivity contribution in [2.24, 2.45) is 16.3 Å². The van der Waals surface area contributed by atoms with Crippen molar-refractivity contribution in [1.29, 1.82) is 0 Å². The van der Waals surface area contributed by atoms with Crippen LogP contribution in [-0.4, -0.2) is 62.5 Å². The Morgan fingerprint density at radius 3 is 2.83 bits per heavy atom. The fourth-order valence-corrected chi connectivity index (χ4v) is 4.54. The molecule has 1 aromatic carbocycles. The Hall–Kier alpha value is -1.63. The van der Waals surface area contributed by atoms with E-state index in [-0.39, 0.29) is 12.0 Å². The first kappa shape index (κ1) is 22.1. The molecule has 0 aromatic heterocycles. The summed E-state index contributed by atoms with van der Waals surface area (Å²) >= 11 is 0. The second kappa shape index (κ2) is 11.0. The second-order valence-electron chi connectivity index (χ2n) is 8.81. The van der Waals surface area contributed by atoms with Gasteiger partial charge in [-0.2, -0.15) is 0 Å². The maximum absolute atomic E-state index is 9.41. The van der Waals surface area contributed by atoms with Crippen molar-refractivity contribution in [2.75, 3.05) is 46.5 Å². The van der Waals surface area contributed by atoms with E-state index in [0.29, 0.717) is 6.61 Å². The Morgan fingerprint density at radius 2 is 2.14 bits per heavy atom. The molecule has 2 heterocycles. The number of aliphatic hydroxyl groups is 1. The summed E-state index contributed by atoms with van der Waals surface area (Å²) in [6.07, 6.45) is 4.39. The van der Waals surface area contributed by atoms with Crippen LogP contribution in [0.2, 0.25) is 0 Å². The minimum absolute atomic E-state index is 0.00916. The zero-order valence-corrected chi connectivity index (χ0v) is 18.1. The molecule has 162 valence electrons. The summed E-state index contributed by atoms with van der Waals surface area (Å²) in [6.45, 7) is 8.96. The fraction of sp³-hybridized carbons (Fsp3) is 0.696. The molecule has 2 atom stereocenters. The third-order valence-electron chi connectivity index (χ3n) is 6.38. The number of ether oxygens (including phenoxy) is 1. The third kappa shape index (κ3) is 6.43. The average Bonchev–Trinajstić information content (AvgIpc) is 3.18. The van der Waals surface area contributed by atoms with Crippen LogP contribution in [0.1, 0.15) is 43.7 Å². The molecule has 2 aliphatic heterocycles. The Kier molecular flexibility index (Phi) is 8.33. The van der Waals surface area contributed by atoms with Crippen LogP contribution in [0.25, 0.3) is 0 Å². The number of hydrogen-bond donors (Lipinski definition) is 3. The van der Waals surface area contributed by atoms with Crippen LogP contribution in [0.3, 0.4) is 0 Å². The Morgan fingerprint density at radius 1 is 1.31 bits per heavy atom. The number of piperidine rings is 1. The van der Waals surface area contributed by atoms with Crippen LogP contribution in [0.15, 0.2) is 29.3 Å². The van der Waals surface area contributed by atoms with Crippen LogP contribution in [0.4, 0.5) is 0 Å². The van der Waals surface area contributed by atoms with E-state index in [1.54, 1.807) is 7.05 Å². The van der Waals surface area contributed by atoms with Gasteiger partial charge in [0.15, 0.2) is 5.96 Å². The number of nitrogens with one attached hydrogen (secondary N) is 2. The van der Waals surface area contributed by atoms with Gasteiger partial charge in [-0.25, -0.2) is 0 Å². The maximum atomic E-state index is 9.41. The van der Waals surface area contributed by atoms with Gasteiger partial charge < -0.3 is 20.5 Å². The van der Waals surface area contributed by atoms with E-state index in [0.717, 1.165) is 51.0 Å². The van der Waals surface area contributed by atoms with Crippen molar-refractivity contribution in [1.82, 2.24) is 15.5 Å². The molecule has 29 heavy (non-hydrogen) atoms. The molecular formula is C23H38N4O2. The van der Waals surface area contributed by atoms with E-state index >= 15 is 0 Å². The lowest BCUT2D eigenvalue weighted by molar-refractivity contribution is 0.127. The Labute approximate surface area is 175 Å². The summed E-state index contributed by atoms with van der Waals surface area (Å²) in [5.74, 6) is 1.60. The Balaban J connectivity index is 1.54. The van der Waals surface area contributed by atoms with E-state index in [2.05, 4.69) is 51.7 Å². The molecule has 2 aliphatic rings. The zero-order valence-electron chi connectivity index (χ0n) is 18.1. The van der Waals surface area contributed by atoms with Crippen molar-refractivity contribution >= 4 is 5.96 Å². The standard InChI is InChI=1S/C23H38N4O2/c1-19-6-5-11-27(15-19)16-21-8-4-3-7-20(21)14-25-22(24-2)26-17-23(9-12-28)10-13-29-18-23/h3-4,7-8,19,28H,5-6,9-18H2,1-2H3,(H2,24,25,26). The molecule has 0 spiro atoms. The highest BCUT2D eigenvalue weighted by molar-refractivity contribution is 5.79. The van der Waals surface area contributed by atoms with E-state index in [9.17, 15) is 5.11 Å². The molecule has 2 fully saturated rings. The molecule has 2 saturated heterocycles. The van der Waals surface area contributed by atoms with Gasteiger partial charge in [0.05, 0.1) is 6.61 Å². The number of benzene rings is 1. The molecule has 0 radical (unpaired) electrons. The molecule has 0 bridgehead atoms. The van der Waals surface area contributed by atoms with Gasteiger partial charge in [0.2, 0.25) is 0 Å². The predicted octanol–water partition coefficient (Wildman–Crippen LogP) is 2.37. The van der Waals surface area contributed by atoms with Crippen LogP contribution in [-0.2, 0) is 17.8 Å². The number of guanidine groups is 1. The summed E-state index contributed by atoms with van der Waals surface area (Å²) in [4.78, 5) is 6.97. The largest absolute Gasteiger partial charge is 0.396 e. The monoisotopic (exact) mass is 402 g/mol. The van der Waals surface area contributed by atoms with Gasteiger partial charge in [-0.05, 0) is 49.3 Å². The first-order valence-corrected chi connectivity index (χ1v) is 11.1. The van der Waals surface area contributed by atoms with Gasteiger partial charge in [-0.1, -0.05) is 31.2 Å². The maximum Gasteiger partial charge on any atom is 0.191 e. The van der Waals surface area contributed by atoms with Gasteiger partial charge in [0.25, 0.3) is 0 Å². The topological polar surface area (TPSA) is 69.1 Å². The molecule has 0 saturated carbocycles. The van der Waals surface area contributed by atoms with Gasteiger partial charge in [-0.3, -0.25) is 9.89 Å². The molecule has 6 nitrogen and oxygen atoms in total. The summed E-state index contributed by atoms with van der Waals surface area (Å²) in [7, 11) is 1.81. The van der Waals surface area contributed by atoms with Crippen LogP contribution < -0.4 is 10.6 Å². The molecule has 3 N–H and O–H groups in total. The van der Waals surface area contributed by atoms with Gasteiger partial charge in [-0.15, -0.1) is 0 Å². The van der Waals surface area contributed by atoms with E-state index in [4.69, 9.17) is 4.74 Å². The average molecular weight is 403 g/mol. The molecule has 6 heteroatoms. The molecular weight excluding hydrogens is 364 g/mol. The predicted molar refractivity (Wildman–Crippen MR) is 118 cm³/mol. The van der Waals surface area contributed by atoms with Crippen LogP contribution >= 0.6 is 0 Å². The van der Waals surface area contributed by atoms with Crippen molar-refractivity contribution in [3.8, 4) is 0 Å². The third-order valence-corrected chi connectivity index (χ3v) is 6.38. The number of aliphatic imine (C=N–C) groups is 1. The van der Waals surface area contributed by atoms with E-state index in [1.165, 1.54) is 37.1 Å². The summed E-state index contributed by atoms with van der Waals surface area (Å²) in [6, 6.07) is 8.71. The highest BCUT2D eigenvalue weighted by atomic mass is 16.5.